The van der Waals surface area contributed by atoms with Crippen molar-refractivity contribution in [3.8, 4) is 0 Å². The van der Waals surface area contributed by atoms with Gasteiger partial charge >= 0.3 is 0 Å². The molecule has 0 aliphatic heterocycles. The first kappa shape index (κ1) is 14.2. The number of nitrogens with one attached hydrogen (secondary N) is 1. The Morgan fingerprint density at radius 2 is 2.18 bits per heavy atom. The van der Waals surface area contributed by atoms with Gasteiger partial charge in [-0.1, -0.05) is 20.8 Å². The molecule has 98 valence electrons. The fourth-order valence-corrected chi connectivity index (χ4v) is 1.82. The standard InChI is InChI=1S/C13H25N3O/c1-5-12-11(8-16(4)15-12)7-14-9-13(3,6-2)10-17/h8,14,17H,5-7,9-10H2,1-4H3. The monoisotopic (exact) mass is 239 g/mol. The summed E-state index contributed by atoms with van der Waals surface area (Å²) in [6, 6.07) is 0. The third kappa shape index (κ3) is 3.82. The summed E-state index contributed by atoms with van der Waals surface area (Å²) in [5.41, 5.74) is 2.39. The number of nitrogens with zero attached hydrogens (tertiary/aromatic N) is 2. The van der Waals surface area contributed by atoms with Gasteiger partial charge in [0, 0.05) is 43.9 Å². The van der Waals surface area contributed by atoms with Gasteiger partial charge in [0.2, 0.25) is 0 Å². The van der Waals surface area contributed by atoms with Gasteiger partial charge in [0.1, 0.15) is 0 Å². The van der Waals surface area contributed by atoms with Gasteiger partial charge in [-0.3, -0.25) is 4.68 Å². The highest BCUT2D eigenvalue weighted by Gasteiger charge is 2.20. The van der Waals surface area contributed by atoms with Crippen molar-refractivity contribution in [3.63, 3.8) is 0 Å². The van der Waals surface area contributed by atoms with E-state index >= 15 is 0 Å². The van der Waals surface area contributed by atoms with Crippen molar-refractivity contribution in [1.82, 2.24) is 15.1 Å². The number of rotatable bonds is 7. The summed E-state index contributed by atoms with van der Waals surface area (Å²) in [5, 5.41) is 17.2. The van der Waals surface area contributed by atoms with Crippen LogP contribution in [0.15, 0.2) is 6.20 Å². The Bertz CT molecular complexity index is 342. The van der Waals surface area contributed by atoms with Crippen molar-refractivity contribution in [1.29, 1.82) is 0 Å². The van der Waals surface area contributed by atoms with E-state index in [4.69, 9.17) is 0 Å². The zero-order valence-corrected chi connectivity index (χ0v) is 11.5. The summed E-state index contributed by atoms with van der Waals surface area (Å²) in [6.07, 6.45) is 4.00. The molecule has 4 nitrogen and oxygen atoms in total. The van der Waals surface area contributed by atoms with Crippen LogP contribution in [0.3, 0.4) is 0 Å². The van der Waals surface area contributed by atoms with Gasteiger partial charge in [-0.25, -0.2) is 0 Å². The van der Waals surface area contributed by atoms with E-state index in [1.54, 1.807) is 0 Å². The van der Waals surface area contributed by atoms with Gasteiger partial charge in [-0.15, -0.1) is 0 Å². The maximum atomic E-state index is 9.33. The Hall–Kier alpha value is -0.870. The van der Waals surface area contributed by atoms with Crippen molar-refractivity contribution in [3.05, 3.63) is 17.5 Å². The van der Waals surface area contributed by atoms with Crippen LogP contribution >= 0.6 is 0 Å². The molecule has 0 spiro atoms. The second kappa shape index (κ2) is 6.17. The van der Waals surface area contributed by atoms with Crippen LogP contribution in [0.25, 0.3) is 0 Å². The normalized spacial score (nSPS) is 14.9. The van der Waals surface area contributed by atoms with Crippen molar-refractivity contribution in [2.24, 2.45) is 12.5 Å². The first-order chi connectivity index (χ1) is 8.04. The van der Waals surface area contributed by atoms with Crippen LogP contribution in [-0.2, 0) is 20.0 Å². The number of aliphatic hydroxyl groups excluding tert-OH is 1. The summed E-state index contributed by atoms with van der Waals surface area (Å²) >= 11 is 0. The van der Waals surface area contributed by atoms with E-state index in [0.29, 0.717) is 0 Å². The lowest BCUT2D eigenvalue weighted by atomic mass is 9.88. The lowest BCUT2D eigenvalue weighted by Crippen LogP contribution is -2.34. The fraction of sp³-hybridized carbons (Fsp3) is 0.769. The van der Waals surface area contributed by atoms with Crippen molar-refractivity contribution in [2.75, 3.05) is 13.2 Å². The lowest BCUT2D eigenvalue weighted by molar-refractivity contribution is 0.135. The van der Waals surface area contributed by atoms with Crippen LogP contribution < -0.4 is 5.32 Å². The molecule has 0 aliphatic carbocycles. The molecule has 0 aromatic carbocycles. The largest absolute Gasteiger partial charge is 0.396 e. The van der Waals surface area contributed by atoms with Crippen LogP contribution in [0, 0.1) is 5.41 Å². The summed E-state index contributed by atoms with van der Waals surface area (Å²) in [6.45, 7) is 8.22. The van der Waals surface area contributed by atoms with Crippen LogP contribution in [0.4, 0.5) is 0 Å². The molecule has 1 atom stereocenters. The van der Waals surface area contributed by atoms with Crippen LogP contribution in [-0.4, -0.2) is 28.0 Å². The molecule has 4 heteroatoms. The highest BCUT2D eigenvalue weighted by molar-refractivity contribution is 5.16. The van der Waals surface area contributed by atoms with Gasteiger partial charge in [-0.2, -0.15) is 5.10 Å². The van der Waals surface area contributed by atoms with E-state index in [0.717, 1.165) is 31.6 Å². The molecule has 0 radical (unpaired) electrons. The van der Waals surface area contributed by atoms with Crippen molar-refractivity contribution >= 4 is 0 Å². The highest BCUT2D eigenvalue weighted by Crippen LogP contribution is 2.18. The smallest absolute Gasteiger partial charge is 0.0666 e. The number of aliphatic hydroxyl groups is 1. The van der Waals surface area contributed by atoms with Crippen molar-refractivity contribution < 1.29 is 5.11 Å². The third-order valence-corrected chi connectivity index (χ3v) is 3.43. The van der Waals surface area contributed by atoms with Gasteiger partial charge in [-0.05, 0) is 12.8 Å². The average Bonchev–Trinajstić information content (AvgIpc) is 2.69. The summed E-state index contributed by atoms with van der Waals surface area (Å²) in [5.74, 6) is 0. The molecular weight excluding hydrogens is 214 g/mol. The Labute approximate surface area is 104 Å². The molecule has 1 rings (SSSR count). The zero-order valence-electron chi connectivity index (χ0n) is 11.5. The predicted octanol–water partition coefficient (Wildman–Crippen LogP) is 1.48. The van der Waals surface area contributed by atoms with Gasteiger partial charge in [0.05, 0.1) is 5.69 Å². The lowest BCUT2D eigenvalue weighted by Gasteiger charge is -2.25. The van der Waals surface area contributed by atoms with Gasteiger partial charge < -0.3 is 10.4 Å². The highest BCUT2D eigenvalue weighted by atomic mass is 16.3. The number of hydrogen-bond donors (Lipinski definition) is 2. The SMILES string of the molecule is CCc1nn(C)cc1CNCC(C)(CC)CO. The molecule has 0 amide bonds. The molecular formula is C13H25N3O. The molecule has 0 fully saturated rings. The maximum Gasteiger partial charge on any atom is 0.0666 e. The molecule has 17 heavy (non-hydrogen) atoms. The topological polar surface area (TPSA) is 50.1 Å². The Kier molecular flexibility index (Phi) is 5.15. The first-order valence-corrected chi connectivity index (χ1v) is 6.37. The van der Waals surface area contributed by atoms with E-state index < -0.39 is 0 Å². The van der Waals surface area contributed by atoms with Crippen molar-refractivity contribution in [2.45, 2.75) is 40.2 Å². The second-order valence-electron chi connectivity index (χ2n) is 5.05. The maximum absolute atomic E-state index is 9.33. The Morgan fingerprint density at radius 1 is 1.47 bits per heavy atom. The average molecular weight is 239 g/mol. The minimum absolute atomic E-state index is 0.0193. The molecule has 0 saturated heterocycles. The molecule has 1 aromatic heterocycles. The van der Waals surface area contributed by atoms with Gasteiger partial charge in [0.15, 0.2) is 0 Å². The molecule has 0 bridgehead atoms. The Balaban J connectivity index is 2.50. The number of aryl methyl sites for hydroxylation is 2. The van der Waals surface area contributed by atoms with Crippen LogP contribution in [0.2, 0.25) is 0 Å². The second-order valence-corrected chi connectivity index (χ2v) is 5.05. The predicted molar refractivity (Wildman–Crippen MR) is 69.8 cm³/mol. The molecule has 2 N–H and O–H groups in total. The fourth-order valence-electron chi connectivity index (χ4n) is 1.82. The quantitative estimate of drug-likeness (QED) is 0.758. The zero-order chi connectivity index (χ0) is 12.9. The van der Waals surface area contributed by atoms with E-state index in [2.05, 4.69) is 37.4 Å². The molecule has 1 aromatic rings. The summed E-state index contributed by atoms with van der Waals surface area (Å²) < 4.78 is 1.86. The molecule has 0 aliphatic rings. The van der Waals surface area contributed by atoms with Crippen LogP contribution in [0.5, 0.6) is 0 Å². The van der Waals surface area contributed by atoms with E-state index in [9.17, 15) is 5.11 Å². The minimum atomic E-state index is -0.0193. The minimum Gasteiger partial charge on any atom is -0.396 e. The summed E-state index contributed by atoms with van der Waals surface area (Å²) in [7, 11) is 1.95. The molecule has 0 saturated carbocycles. The van der Waals surface area contributed by atoms with Crippen LogP contribution in [0.1, 0.15) is 38.4 Å². The van der Waals surface area contributed by atoms with E-state index in [1.165, 1.54) is 5.56 Å². The van der Waals surface area contributed by atoms with E-state index in [-0.39, 0.29) is 12.0 Å². The number of hydrogen-bond acceptors (Lipinski definition) is 3. The summed E-state index contributed by atoms with van der Waals surface area (Å²) in [4.78, 5) is 0. The third-order valence-electron chi connectivity index (χ3n) is 3.43. The van der Waals surface area contributed by atoms with Gasteiger partial charge in [0.25, 0.3) is 0 Å². The van der Waals surface area contributed by atoms with E-state index in [1.807, 2.05) is 11.7 Å². The Morgan fingerprint density at radius 3 is 2.71 bits per heavy atom. The molecule has 1 unspecified atom stereocenters. The number of aromatic nitrogens is 2. The molecule has 1 heterocycles. The first-order valence-electron chi connectivity index (χ1n) is 6.37.